The molecule has 98 valence electrons. The number of rotatable bonds is 4. The standard InChI is InChI=1S/C6H12O2.C6H14O2/c7-6(8)4-2-1-3-5-6;1-6(8)4-2-3-5-7/h7-8H,1-5H2;6-8H,2-5H2,1H3. The molecule has 0 radical (unpaired) electrons. The van der Waals surface area contributed by atoms with Crippen LogP contribution in [-0.2, 0) is 0 Å². The molecule has 4 heteroatoms. The maximum absolute atomic E-state index is 8.93. The van der Waals surface area contributed by atoms with E-state index in [1.807, 2.05) is 0 Å². The second-order valence-corrected chi connectivity index (χ2v) is 4.61. The number of unbranched alkanes of at least 4 members (excludes halogenated alkanes) is 1. The predicted octanol–water partition coefficient (Wildman–Crippen LogP) is 1.16. The Morgan fingerprint density at radius 3 is 1.94 bits per heavy atom. The lowest BCUT2D eigenvalue weighted by atomic mass is 9.95. The van der Waals surface area contributed by atoms with E-state index >= 15 is 0 Å². The van der Waals surface area contributed by atoms with E-state index in [-0.39, 0.29) is 12.7 Å². The van der Waals surface area contributed by atoms with Gasteiger partial charge in [-0.3, -0.25) is 0 Å². The lowest BCUT2D eigenvalue weighted by Crippen LogP contribution is -2.30. The van der Waals surface area contributed by atoms with E-state index in [9.17, 15) is 0 Å². The summed E-state index contributed by atoms with van der Waals surface area (Å²) >= 11 is 0. The number of hydrogen-bond donors (Lipinski definition) is 4. The van der Waals surface area contributed by atoms with Gasteiger partial charge in [0.25, 0.3) is 0 Å². The maximum atomic E-state index is 8.93. The minimum Gasteiger partial charge on any atom is -0.396 e. The molecule has 1 atom stereocenters. The van der Waals surface area contributed by atoms with Crippen LogP contribution in [0.15, 0.2) is 0 Å². The number of aliphatic hydroxyl groups excluding tert-OH is 2. The molecule has 1 fully saturated rings. The summed E-state index contributed by atoms with van der Waals surface area (Å²) in [5.74, 6) is -1.32. The zero-order valence-electron chi connectivity index (χ0n) is 10.2. The van der Waals surface area contributed by atoms with Gasteiger partial charge in [-0.25, -0.2) is 0 Å². The molecule has 1 saturated carbocycles. The lowest BCUT2D eigenvalue weighted by molar-refractivity contribution is -0.180. The van der Waals surface area contributed by atoms with Gasteiger partial charge in [0.05, 0.1) is 6.10 Å². The average molecular weight is 234 g/mol. The van der Waals surface area contributed by atoms with Gasteiger partial charge in [-0.05, 0) is 39.0 Å². The normalized spacial score (nSPS) is 20.8. The Labute approximate surface area is 97.9 Å². The summed E-state index contributed by atoms with van der Waals surface area (Å²) in [6.45, 7) is 2.00. The zero-order valence-corrected chi connectivity index (χ0v) is 10.2. The minimum absolute atomic E-state index is 0.207. The Morgan fingerprint density at radius 1 is 1.06 bits per heavy atom. The molecular weight excluding hydrogens is 208 g/mol. The van der Waals surface area contributed by atoms with Crippen molar-refractivity contribution in [3.05, 3.63) is 0 Å². The highest BCUT2D eigenvalue weighted by molar-refractivity contribution is 4.69. The Kier molecular flexibility index (Phi) is 8.84. The van der Waals surface area contributed by atoms with E-state index in [1.54, 1.807) is 6.92 Å². The lowest BCUT2D eigenvalue weighted by Gasteiger charge is -2.25. The number of hydrogen-bond acceptors (Lipinski definition) is 4. The van der Waals surface area contributed by atoms with Crippen LogP contribution >= 0.6 is 0 Å². The Hall–Kier alpha value is -0.160. The van der Waals surface area contributed by atoms with Crippen molar-refractivity contribution in [3.8, 4) is 0 Å². The van der Waals surface area contributed by atoms with Crippen molar-refractivity contribution >= 4 is 0 Å². The summed E-state index contributed by atoms with van der Waals surface area (Å²) < 4.78 is 0. The van der Waals surface area contributed by atoms with Crippen LogP contribution in [0.1, 0.15) is 58.3 Å². The molecular formula is C12H26O4. The highest BCUT2D eigenvalue weighted by Crippen LogP contribution is 2.24. The molecule has 1 aliphatic rings. The fraction of sp³-hybridized carbons (Fsp3) is 1.00. The van der Waals surface area contributed by atoms with Crippen LogP contribution in [0, 0.1) is 0 Å². The van der Waals surface area contributed by atoms with E-state index in [2.05, 4.69) is 0 Å². The first kappa shape index (κ1) is 15.8. The minimum atomic E-state index is -1.32. The van der Waals surface area contributed by atoms with Crippen LogP contribution in [0.2, 0.25) is 0 Å². The van der Waals surface area contributed by atoms with Gasteiger partial charge in [0.2, 0.25) is 0 Å². The molecule has 4 N–H and O–H groups in total. The largest absolute Gasteiger partial charge is 0.396 e. The highest BCUT2D eigenvalue weighted by Gasteiger charge is 2.24. The van der Waals surface area contributed by atoms with Crippen LogP contribution in [0.3, 0.4) is 0 Å². The third-order valence-electron chi connectivity index (χ3n) is 2.68. The topological polar surface area (TPSA) is 80.9 Å². The second-order valence-electron chi connectivity index (χ2n) is 4.61. The molecule has 1 rings (SSSR count). The van der Waals surface area contributed by atoms with E-state index in [0.29, 0.717) is 12.8 Å². The van der Waals surface area contributed by atoms with Crippen molar-refractivity contribution < 1.29 is 20.4 Å². The molecule has 4 nitrogen and oxygen atoms in total. The molecule has 1 aliphatic carbocycles. The van der Waals surface area contributed by atoms with Crippen LogP contribution < -0.4 is 0 Å². The van der Waals surface area contributed by atoms with E-state index in [4.69, 9.17) is 20.4 Å². The molecule has 0 aromatic heterocycles. The van der Waals surface area contributed by atoms with Gasteiger partial charge in [-0.15, -0.1) is 0 Å². The molecule has 0 amide bonds. The monoisotopic (exact) mass is 234 g/mol. The highest BCUT2D eigenvalue weighted by atomic mass is 16.5. The Morgan fingerprint density at radius 2 is 1.62 bits per heavy atom. The molecule has 0 aliphatic heterocycles. The second kappa shape index (κ2) is 8.93. The maximum Gasteiger partial charge on any atom is 0.162 e. The third kappa shape index (κ3) is 10.4. The molecule has 1 unspecified atom stereocenters. The van der Waals surface area contributed by atoms with Crippen molar-refractivity contribution in [1.82, 2.24) is 0 Å². The molecule has 0 bridgehead atoms. The summed E-state index contributed by atoms with van der Waals surface area (Å²) in [6.07, 6.45) is 6.55. The summed E-state index contributed by atoms with van der Waals surface area (Å²) in [7, 11) is 0. The molecule has 0 saturated heterocycles. The fourth-order valence-electron chi connectivity index (χ4n) is 1.67. The Balaban J connectivity index is 0.000000281. The van der Waals surface area contributed by atoms with Gasteiger partial charge in [-0.2, -0.15) is 0 Å². The molecule has 0 spiro atoms. The first-order chi connectivity index (χ1) is 7.48. The summed E-state index contributed by atoms with van der Waals surface area (Å²) in [6, 6.07) is 0. The van der Waals surface area contributed by atoms with Crippen LogP contribution in [0.25, 0.3) is 0 Å². The van der Waals surface area contributed by atoms with Gasteiger partial charge in [-0.1, -0.05) is 6.42 Å². The van der Waals surface area contributed by atoms with Crippen LogP contribution in [0.5, 0.6) is 0 Å². The van der Waals surface area contributed by atoms with E-state index in [0.717, 1.165) is 38.5 Å². The van der Waals surface area contributed by atoms with E-state index < -0.39 is 5.79 Å². The zero-order chi connectivity index (χ0) is 12.4. The van der Waals surface area contributed by atoms with Crippen molar-refractivity contribution in [2.24, 2.45) is 0 Å². The van der Waals surface area contributed by atoms with E-state index in [1.165, 1.54) is 0 Å². The molecule has 16 heavy (non-hydrogen) atoms. The third-order valence-corrected chi connectivity index (χ3v) is 2.68. The summed E-state index contributed by atoms with van der Waals surface area (Å²) in [5, 5.41) is 34.9. The molecule has 0 aromatic carbocycles. The Bertz CT molecular complexity index is 149. The first-order valence-electron chi connectivity index (χ1n) is 6.21. The van der Waals surface area contributed by atoms with Gasteiger partial charge < -0.3 is 20.4 Å². The molecule has 0 aromatic rings. The quantitative estimate of drug-likeness (QED) is 0.435. The van der Waals surface area contributed by atoms with Crippen molar-refractivity contribution in [3.63, 3.8) is 0 Å². The number of aliphatic hydroxyl groups is 4. The predicted molar refractivity (Wildman–Crippen MR) is 62.9 cm³/mol. The SMILES string of the molecule is CC(O)CCCCO.OC1(O)CCCCC1. The summed E-state index contributed by atoms with van der Waals surface area (Å²) in [5.41, 5.74) is 0. The summed E-state index contributed by atoms with van der Waals surface area (Å²) in [4.78, 5) is 0. The van der Waals surface area contributed by atoms with Crippen LogP contribution in [-0.4, -0.2) is 38.9 Å². The van der Waals surface area contributed by atoms with Gasteiger partial charge in [0, 0.05) is 19.4 Å². The van der Waals surface area contributed by atoms with Gasteiger partial charge in [0.15, 0.2) is 5.79 Å². The first-order valence-corrected chi connectivity index (χ1v) is 6.21. The molecule has 0 heterocycles. The van der Waals surface area contributed by atoms with Crippen molar-refractivity contribution in [2.45, 2.75) is 70.2 Å². The van der Waals surface area contributed by atoms with Gasteiger partial charge in [0.1, 0.15) is 0 Å². The van der Waals surface area contributed by atoms with Gasteiger partial charge >= 0.3 is 0 Å². The fourth-order valence-corrected chi connectivity index (χ4v) is 1.67. The smallest absolute Gasteiger partial charge is 0.162 e. The van der Waals surface area contributed by atoms with Crippen molar-refractivity contribution in [2.75, 3.05) is 6.61 Å². The van der Waals surface area contributed by atoms with Crippen LogP contribution in [0.4, 0.5) is 0 Å². The average Bonchev–Trinajstić information content (AvgIpc) is 2.18. The van der Waals surface area contributed by atoms with Crippen molar-refractivity contribution in [1.29, 1.82) is 0 Å².